The molecule has 1 aromatic rings. The van der Waals surface area contributed by atoms with Gasteiger partial charge >= 0.3 is 0 Å². The average molecular weight is 432 g/mol. The molecule has 3 fully saturated rings. The molecule has 1 amide bonds. The van der Waals surface area contributed by atoms with Gasteiger partial charge in [0.25, 0.3) is 0 Å². The van der Waals surface area contributed by atoms with Crippen molar-refractivity contribution < 1.29 is 9.90 Å². The number of nitrogens with zero attached hydrogens (tertiary/aromatic N) is 3. The summed E-state index contributed by atoms with van der Waals surface area (Å²) >= 11 is 3.51. The minimum atomic E-state index is -0.316. The quantitative estimate of drug-likeness (QED) is 0.778. The van der Waals surface area contributed by atoms with Crippen molar-refractivity contribution in [2.75, 3.05) is 24.5 Å². The van der Waals surface area contributed by atoms with Gasteiger partial charge < -0.3 is 14.9 Å². The molecule has 1 aromatic carbocycles. The van der Waals surface area contributed by atoms with Crippen molar-refractivity contribution in [2.24, 2.45) is 5.41 Å². The van der Waals surface area contributed by atoms with Crippen molar-refractivity contribution >= 4 is 27.5 Å². The van der Waals surface area contributed by atoms with Gasteiger partial charge in [0.2, 0.25) is 5.91 Å². The van der Waals surface area contributed by atoms with Crippen LogP contribution >= 0.6 is 15.9 Å². The highest BCUT2D eigenvalue weighted by atomic mass is 79.9. The van der Waals surface area contributed by atoms with E-state index in [0.29, 0.717) is 18.0 Å². The second-order valence-corrected chi connectivity index (χ2v) is 9.21. The molecule has 1 saturated carbocycles. The zero-order valence-electron chi connectivity index (χ0n) is 15.5. The van der Waals surface area contributed by atoms with Crippen LogP contribution in [0.1, 0.15) is 50.5 Å². The molecule has 27 heavy (non-hydrogen) atoms. The average Bonchev–Trinajstić information content (AvgIpc) is 2.98. The lowest BCUT2D eigenvalue weighted by molar-refractivity contribution is -0.139. The Kier molecular flexibility index (Phi) is 5.17. The van der Waals surface area contributed by atoms with Crippen LogP contribution in [0.3, 0.4) is 0 Å². The van der Waals surface area contributed by atoms with Crippen molar-refractivity contribution in [1.29, 1.82) is 5.26 Å². The number of aliphatic hydroxyl groups is 1. The predicted molar refractivity (Wildman–Crippen MR) is 107 cm³/mol. The normalized spacial score (nSPS) is 31.4. The minimum absolute atomic E-state index is 0.195. The Balaban J connectivity index is 1.54. The lowest BCUT2D eigenvalue weighted by atomic mass is 9.78. The van der Waals surface area contributed by atoms with Crippen molar-refractivity contribution in [3.8, 4) is 6.07 Å². The molecule has 2 aliphatic heterocycles. The summed E-state index contributed by atoms with van der Waals surface area (Å²) in [7, 11) is 0. The number of aliphatic hydroxyl groups excluding tert-OH is 1. The lowest BCUT2D eigenvalue weighted by Crippen LogP contribution is -2.50. The number of likely N-dealkylation sites (tertiary alicyclic amines) is 1. The number of halogens is 1. The SMILES string of the molecule is N#Cc1ccc(Br)cc1N1CCC[C@@]2(CCN(C3CCC(O)CC3)C2=O)C1. The highest BCUT2D eigenvalue weighted by Gasteiger charge is 2.50. The monoisotopic (exact) mass is 431 g/mol. The highest BCUT2D eigenvalue weighted by Crippen LogP contribution is 2.44. The molecule has 0 aromatic heterocycles. The molecule has 6 heteroatoms. The van der Waals surface area contributed by atoms with E-state index in [9.17, 15) is 15.2 Å². The highest BCUT2D eigenvalue weighted by molar-refractivity contribution is 9.10. The fourth-order valence-corrected chi connectivity index (χ4v) is 5.49. The molecule has 2 heterocycles. The third kappa shape index (κ3) is 3.48. The van der Waals surface area contributed by atoms with Gasteiger partial charge in [0.05, 0.1) is 22.8 Å². The fraction of sp³-hybridized carbons (Fsp3) is 0.619. The first-order valence-electron chi connectivity index (χ1n) is 9.96. The summed E-state index contributed by atoms with van der Waals surface area (Å²) in [5, 5.41) is 19.3. The molecule has 1 spiro atoms. The van der Waals surface area contributed by atoms with Gasteiger partial charge in [0.1, 0.15) is 6.07 Å². The number of hydrogen-bond donors (Lipinski definition) is 1. The molecule has 144 valence electrons. The lowest BCUT2D eigenvalue weighted by Gasteiger charge is -2.41. The van der Waals surface area contributed by atoms with Crippen LogP contribution in [0, 0.1) is 16.7 Å². The number of carbonyl (C=O) groups is 1. The Morgan fingerprint density at radius 3 is 2.70 bits per heavy atom. The van der Waals surface area contributed by atoms with Crippen LogP contribution in [0.25, 0.3) is 0 Å². The number of nitriles is 1. The largest absolute Gasteiger partial charge is 0.393 e. The van der Waals surface area contributed by atoms with Crippen LogP contribution in [-0.2, 0) is 4.79 Å². The molecule has 1 N–H and O–H groups in total. The van der Waals surface area contributed by atoms with Gasteiger partial charge in [0, 0.05) is 30.1 Å². The molecule has 0 unspecified atom stereocenters. The van der Waals surface area contributed by atoms with Crippen molar-refractivity contribution in [1.82, 2.24) is 4.90 Å². The third-order valence-electron chi connectivity index (χ3n) is 6.65. The third-order valence-corrected chi connectivity index (χ3v) is 7.14. The van der Waals surface area contributed by atoms with E-state index in [1.165, 1.54) is 0 Å². The van der Waals surface area contributed by atoms with Gasteiger partial charge in [-0.25, -0.2) is 0 Å². The van der Waals surface area contributed by atoms with E-state index in [4.69, 9.17) is 0 Å². The Morgan fingerprint density at radius 2 is 1.96 bits per heavy atom. The van der Waals surface area contributed by atoms with Crippen molar-refractivity contribution in [3.63, 3.8) is 0 Å². The number of carbonyl (C=O) groups excluding carboxylic acids is 1. The molecule has 4 rings (SSSR count). The van der Waals surface area contributed by atoms with E-state index in [1.54, 1.807) is 0 Å². The number of rotatable bonds is 2. The van der Waals surface area contributed by atoms with Gasteiger partial charge in [-0.3, -0.25) is 4.79 Å². The standard InChI is InChI=1S/C21H26BrN3O2/c22-16-3-2-15(13-23)19(12-16)24-10-1-8-21(14-24)9-11-25(20(21)27)17-4-6-18(26)7-5-17/h2-3,12,17-18,26H,1,4-11,14H2/t17?,18?,21-/m1/s1. The van der Waals surface area contributed by atoms with Crippen molar-refractivity contribution in [2.45, 2.75) is 57.1 Å². The van der Waals surface area contributed by atoms with Crippen LogP contribution in [0.4, 0.5) is 5.69 Å². The second-order valence-electron chi connectivity index (χ2n) is 8.29. The summed E-state index contributed by atoms with van der Waals surface area (Å²) in [5.41, 5.74) is 1.28. The second kappa shape index (κ2) is 7.44. The predicted octanol–water partition coefficient (Wildman–Crippen LogP) is 3.44. The number of anilines is 1. The Labute approximate surface area is 169 Å². The van der Waals surface area contributed by atoms with Gasteiger partial charge in [-0.1, -0.05) is 15.9 Å². The van der Waals surface area contributed by atoms with Crippen LogP contribution in [-0.4, -0.2) is 47.7 Å². The first-order chi connectivity index (χ1) is 13.0. The number of amides is 1. The maximum absolute atomic E-state index is 13.4. The van der Waals surface area contributed by atoms with Crippen LogP contribution in [0.2, 0.25) is 0 Å². The number of hydrogen-bond acceptors (Lipinski definition) is 4. The topological polar surface area (TPSA) is 67.6 Å². The smallest absolute Gasteiger partial charge is 0.230 e. The maximum Gasteiger partial charge on any atom is 0.230 e. The Bertz CT molecular complexity index is 769. The molecular formula is C21H26BrN3O2. The Morgan fingerprint density at radius 1 is 1.19 bits per heavy atom. The zero-order chi connectivity index (χ0) is 19.0. The summed E-state index contributed by atoms with van der Waals surface area (Å²) in [6, 6.07) is 8.31. The van der Waals surface area contributed by atoms with Crippen LogP contribution < -0.4 is 4.90 Å². The Hall–Kier alpha value is -1.58. The van der Waals surface area contributed by atoms with E-state index in [0.717, 1.165) is 68.2 Å². The zero-order valence-corrected chi connectivity index (χ0v) is 17.1. The van der Waals surface area contributed by atoms with E-state index >= 15 is 0 Å². The molecule has 0 radical (unpaired) electrons. The number of benzene rings is 1. The first-order valence-corrected chi connectivity index (χ1v) is 10.8. The summed E-state index contributed by atoms with van der Waals surface area (Å²) in [6.07, 6.45) is 6.04. The summed E-state index contributed by atoms with van der Waals surface area (Å²) in [4.78, 5) is 17.8. The molecule has 3 aliphatic rings. The summed E-state index contributed by atoms with van der Waals surface area (Å²) in [5.74, 6) is 0.294. The van der Waals surface area contributed by atoms with Gasteiger partial charge in [-0.2, -0.15) is 5.26 Å². The minimum Gasteiger partial charge on any atom is -0.393 e. The van der Waals surface area contributed by atoms with Gasteiger partial charge in [0.15, 0.2) is 0 Å². The maximum atomic E-state index is 13.4. The van der Waals surface area contributed by atoms with Crippen molar-refractivity contribution in [3.05, 3.63) is 28.2 Å². The van der Waals surface area contributed by atoms with E-state index in [2.05, 4.69) is 31.8 Å². The summed E-state index contributed by atoms with van der Waals surface area (Å²) in [6.45, 7) is 2.41. The van der Waals surface area contributed by atoms with Gasteiger partial charge in [-0.15, -0.1) is 0 Å². The number of piperidine rings is 1. The van der Waals surface area contributed by atoms with Crippen LogP contribution in [0.15, 0.2) is 22.7 Å². The van der Waals surface area contributed by atoms with E-state index in [1.807, 2.05) is 18.2 Å². The molecule has 5 nitrogen and oxygen atoms in total. The van der Waals surface area contributed by atoms with Crippen LogP contribution in [0.5, 0.6) is 0 Å². The van der Waals surface area contributed by atoms with Gasteiger partial charge in [-0.05, 0) is 63.1 Å². The molecule has 0 bridgehead atoms. The van der Waals surface area contributed by atoms with E-state index < -0.39 is 0 Å². The molecule has 1 atom stereocenters. The van der Waals surface area contributed by atoms with E-state index in [-0.39, 0.29) is 17.6 Å². The molecular weight excluding hydrogens is 406 g/mol. The molecule has 1 aliphatic carbocycles. The molecule has 2 saturated heterocycles. The summed E-state index contributed by atoms with van der Waals surface area (Å²) < 4.78 is 0.955. The first kappa shape index (κ1) is 18.8. The fourth-order valence-electron chi connectivity index (χ4n) is 5.14.